The molecule has 0 amide bonds. The molecule has 0 saturated carbocycles. The fraction of sp³-hybridized carbons (Fsp3) is 0.185. The van der Waals surface area contributed by atoms with E-state index in [1.807, 2.05) is 6.07 Å². The monoisotopic (exact) mass is 469 g/mol. The maximum atomic E-state index is 6.40. The molecule has 0 aliphatic carbocycles. The van der Waals surface area contributed by atoms with Crippen molar-refractivity contribution in [2.75, 3.05) is 0 Å². The van der Waals surface area contributed by atoms with Gasteiger partial charge in [0.15, 0.2) is 6.20 Å². The van der Waals surface area contributed by atoms with Gasteiger partial charge in [0.05, 0.1) is 0 Å². The Labute approximate surface area is 185 Å². The van der Waals surface area contributed by atoms with Crippen LogP contribution in [0.25, 0.3) is 44.6 Å². The third-order valence-corrected chi connectivity index (χ3v) is 10.4. The Hall–Kier alpha value is -2.92. The molecule has 31 heavy (non-hydrogen) atoms. The summed E-state index contributed by atoms with van der Waals surface area (Å²) in [6, 6.07) is 23.7. The van der Waals surface area contributed by atoms with Crippen LogP contribution in [0.15, 0.2) is 77.3 Å². The van der Waals surface area contributed by atoms with Crippen molar-refractivity contribution in [2.45, 2.75) is 24.2 Å². The molecule has 0 atom stereocenters. The topological polar surface area (TPSA) is 29.9 Å². The summed E-state index contributed by atoms with van der Waals surface area (Å²) in [4.78, 5) is 4.90. The van der Waals surface area contributed by atoms with Crippen LogP contribution in [0.3, 0.4) is 0 Å². The van der Waals surface area contributed by atoms with Crippen molar-refractivity contribution in [3.63, 3.8) is 0 Å². The molecule has 3 nitrogen and oxygen atoms in total. The maximum absolute atomic E-state index is 6.40. The summed E-state index contributed by atoms with van der Waals surface area (Å²) in [6.45, 7) is 2.13. The van der Waals surface area contributed by atoms with Crippen LogP contribution in [0.4, 0.5) is 0 Å². The van der Waals surface area contributed by atoms with Crippen LogP contribution >= 0.6 is 0 Å². The zero-order valence-corrected chi connectivity index (χ0v) is 20.8. The number of aryl methyl sites for hydroxylation is 2. The molecule has 5 rings (SSSR count). The van der Waals surface area contributed by atoms with Crippen molar-refractivity contribution in [3.05, 3.63) is 78.5 Å². The number of hydrogen-bond donors (Lipinski definition) is 0. The zero-order chi connectivity index (χ0) is 21.8. The van der Waals surface area contributed by atoms with E-state index in [9.17, 15) is 0 Å². The number of fused-ring (bicyclic) bond motifs is 3. The van der Waals surface area contributed by atoms with Crippen molar-refractivity contribution in [3.8, 4) is 22.5 Å². The summed E-state index contributed by atoms with van der Waals surface area (Å²) >= 11 is -1.82. The number of benzene rings is 2. The van der Waals surface area contributed by atoms with Gasteiger partial charge < -0.3 is 0 Å². The van der Waals surface area contributed by atoms with Gasteiger partial charge in [-0.2, -0.15) is 0 Å². The van der Waals surface area contributed by atoms with E-state index < -0.39 is 13.3 Å². The predicted octanol–water partition coefficient (Wildman–Crippen LogP) is 5.99. The minimum atomic E-state index is -1.82. The Balaban J connectivity index is 1.68. The number of pyridine rings is 2. The third-order valence-electron chi connectivity index (χ3n) is 6.07. The first-order valence-electron chi connectivity index (χ1n) is 10.7. The van der Waals surface area contributed by atoms with E-state index in [2.05, 4.69) is 103 Å². The molecule has 5 aromatic rings. The van der Waals surface area contributed by atoms with Crippen molar-refractivity contribution in [1.29, 1.82) is 0 Å². The van der Waals surface area contributed by atoms with Crippen LogP contribution in [0.5, 0.6) is 0 Å². The van der Waals surface area contributed by atoms with E-state index in [1.54, 1.807) is 0 Å². The Bertz CT molecular complexity index is 1430. The molecule has 2 aromatic carbocycles. The normalized spacial score (nSPS) is 12.0. The van der Waals surface area contributed by atoms with Gasteiger partial charge in [-0.15, -0.1) is 0 Å². The quantitative estimate of drug-likeness (QED) is 0.241. The molecule has 0 saturated heterocycles. The molecule has 4 heteroatoms. The van der Waals surface area contributed by atoms with Crippen LogP contribution in [0.1, 0.15) is 5.56 Å². The van der Waals surface area contributed by atoms with Gasteiger partial charge in [0.1, 0.15) is 7.05 Å². The molecule has 0 radical (unpaired) electrons. The number of nitrogens with zero attached hydrogens (tertiary/aromatic N) is 2. The van der Waals surface area contributed by atoms with Crippen molar-refractivity contribution < 1.29 is 8.98 Å². The summed E-state index contributed by atoms with van der Waals surface area (Å²) < 4.78 is 10.0. The van der Waals surface area contributed by atoms with Gasteiger partial charge in [-0.3, -0.25) is 0 Å². The first kappa shape index (κ1) is 20.0. The van der Waals surface area contributed by atoms with Crippen LogP contribution in [-0.2, 0) is 7.05 Å². The minimum Gasteiger partial charge on any atom is -0.0497 e. The summed E-state index contributed by atoms with van der Waals surface area (Å²) in [5.74, 6) is 7.25. The predicted molar refractivity (Wildman–Crippen MR) is 131 cm³/mol. The van der Waals surface area contributed by atoms with Gasteiger partial charge in [0.2, 0.25) is 0 Å². The SMILES string of the molecule is Cc1ccc2c(oc3nc(-c4cc[c]([Ge]([CH3])([CH3])[CH3])cc4)ccc32)c1-c1cccc[n+]1C. The van der Waals surface area contributed by atoms with E-state index in [1.165, 1.54) is 9.96 Å². The van der Waals surface area contributed by atoms with Gasteiger partial charge >= 0.3 is 161 Å². The summed E-state index contributed by atoms with van der Waals surface area (Å²) in [5.41, 5.74) is 7.12. The Morgan fingerprint density at radius 3 is 2.29 bits per heavy atom. The van der Waals surface area contributed by atoms with Crippen LogP contribution in [0.2, 0.25) is 17.3 Å². The van der Waals surface area contributed by atoms with E-state index in [-0.39, 0.29) is 0 Å². The van der Waals surface area contributed by atoms with E-state index >= 15 is 0 Å². The number of hydrogen-bond acceptors (Lipinski definition) is 2. The standard InChI is InChI=1S/C27H27GeN2O/c1-18-9-14-21-22-15-16-23(19-10-12-20(13-11-19)28(2,3)4)29-27(22)31-26(21)25(18)24-8-6-7-17-30(24)5/h6-17H,1-5H3/q+1. The number of rotatable bonds is 3. The first-order valence-corrected chi connectivity index (χ1v) is 18.1. The summed E-state index contributed by atoms with van der Waals surface area (Å²) in [5, 5.41) is 2.16. The number of aromatic nitrogens is 2. The van der Waals surface area contributed by atoms with E-state index in [4.69, 9.17) is 9.40 Å². The third kappa shape index (κ3) is 3.47. The Kier molecular flexibility index (Phi) is 4.74. The van der Waals surface area contributed by atoms with Crippen LogP contribution in [0, 0.1) is 6.92 Å². The number of furan rings is 1. The molecular formula is C27H27GeN2O+. The second-order valence-electron chi connectivity index (χ2n) is 9.31. The molecule has 0 bridgehead atoms. The first-order chi connectivity index (χ1) is 14.8. The van der Waals surface area contributed by atoms with Crippen molar-refractivity contribution in [2.24, 2.45) is 7.05 Å². The molecule has 0 spiro atoms. The smallest absolute Gasteiger partial charge is 0.0497 e. The Morgan fingerprint density at radius 1 is 0.839 bits per heavy atom. The minimum absolute atomic E-state index is 0.690. The van der Waals surface area contributed by atoms with Crippen LogP contribution < -0.4 is 8.96 Å². The fourth-order valence-corrected chi connectivity index (χ4v) is 6.67. The van der Waals surface area contributed by atoms with Crippen LogP contribution in [-0.4, -0.2) is 18.3 Å². The van der Waals surface area contributed by atoms with Gasteiger partial charge in [0, 0.05) is 6.07 Å². The second-order valence-corrected chi connectivity index (χ2v) is 20.0. The zero-order valence-electron chi connectivity index (χ0n) is 18.7. The van der Waals surface area contributed by atoms with Crippen molar-refractivity contribution >= 4 is 39.7 Å². The summed E-state index contributed by atoms with van der Waals surface area (Å²) in [7, 11) is 2.07. The molecule has 3 aromatic heterocycles. The molecular weight excluding hydrogens is 441 g/mol. The fourth-order valence-electron chi connectivity index (χ4n) is 4.22. The average Bonchev–Trinajstić information content (AvgIpc) is 3.11. The molecule has 0 N–H and O–H groups in total. The summed E-state index contributed by atoms with van der Waals surface area (Å²) in [6.07, 6.45) is 2.07. The molecule has 154 valence electrons. The van der Waals surface area contributed by atoms with Gasteiger partial charge in [-0.25, -0.2) is 0 Å². The average molecular weight is 468 g/mol. The second kappa shape index (κ2) is 7.35. The Morgan fingerprint density at radius 2 is 1.58 bits per heavy atom. The van der Waals surface area contributed by atoms with Gasteiger partial charge in [-0.05, 0) is 6.07 Å². The van der Waals surface area contributed by atoms with E-state index in [0.29, 0.717) is 5.71 Å². The molecule has 0 aliphatic rings. The molecule has 3 heterocycles. The molecule has 0 unspecified atom stereocenters. The molecule has 0 aliphatic heterocycles. The van der Waals surface area contributed by atoms with Crippen molar-refractivity contribution in [1.82, 2.24) is 4.98 Å². The van der Waals surface area contributed by atoms with E-state index in [0.717, 1.165) is 38.9 Å². The van der Waals surface area contributed by atoms with Gasteiger partial charge in [-0.1, -0.05) is 0 Å². The van der Waals surface area contributed by atoms with Gasteiger partial charge in [0.25, 0.3) is 0 Å². The molecule has 0 fully saturated rings.